The van der Waals surface area contributed by atoms with Crippen molar-refractivity contribution >= 4 is 31.9 Å². The van der Waals surface area contributed by atoms with Gasteiger partial charge in [-0.1, -0.05) is 63.0 Å². The van der Waals surface area contributed by atoms with Gasteiger partial charge in [0.1, 0.15) is 0 Å². The van der Waals surface area contributed by atoms with Gasteiger partial charge in [-0.25, -0.2) is 0 Å². The zero-order valence-corrected chi connectivity index (χ0v) is 15.0. The molecule has 1 unspecified atom stereocenters. The van der Waals surface area contributed by atoms with Crippen LogP contribution in [0.2, 0.25) is 0 Å². The van der Waals surface area contributed by atoms with E-state index in [1.54, 1.807) is 0 Å². The predicted octanol–water partition coefficient (Wildman–Crippen LogP) is 5.76. The maximum Gasteiger partial charge on any atom is 0.0320 e. The molecule has 0 heterocycles. The molecule has 0 amide bonds. The molecule has 0 aromatic heterocycles. The van der Waals surface area contributed by atoms with Gasteiger partial charge in [-0.05, 0) is 48.2 Å². The van der Waals surface area contributed by atoms with Crippen molar-refractivity contribution in [1.82, 2.24) is 5.32 Å². The van der Waals surface area contributed by atoms with Crippen LogP contribution in [-0.4, -0.2) is 0 Å². The molecule has 0 radical (unpaired) electrons. The quantitative estimate of drug-likeness (QED) is 0.677. The van der Waals surface area contributed by atoms with Crippen LogP contribution < -0.4 is 5.32 Å². The van der Waals surface area contributed by atoms with E-state index in [0.29, 0.717) is 6.04 Å². The Hall–Kier alpha value is -0.640. The molecule has 1 nitrogen and oxygen atoms in total. The molecule has 3 heteroatoms. The second-order valence-corrected chi connectivity index (χ2v) is 6.75. The smallest absolute Gasteiger partial charge is 0.0320 e. The number of rotatable bonds is 5. The predicted molar refractivity (Wildman–Crippen MR) is 92.9 cm³/mol. The van der Waals surface area contributed by atoms with Crippen LogP contribution in [0.5, 0.6) is 0 Å². The Bertz CT molecular complexity index is 564. The lowest BCUT2D eigenvalue weighted by atomic mass is 10.0. The molecular weight excluding hydrogens is 378 g/mol. The summed E-state index contributed by atoms with van der Waals surface area (Å²) in [5, 5.41) is 3.64. The molecular formula is C17H19Br2N. The lowest BCUT2D eigenvalue weighted by Gasteiger charge is -2.18. The molecule has 0 aliphatic heterocycles. The first-order valence-electron chi connectivity index (χ1n) is 6.84. The van der Waals surface area contributed by atoms with E-state index in [2.05, 4.69) is 93.5 Å². The minimum absolute atomic E-state index is 0.395. The number of hydrogen-bond donors (Lipinski definition) is 1. The van der Waals surface area contributed by atoms with Crippen molar-refractivity contribution in [3.8, 4) is 0 Å². The van der Waals surface area contributed by atoms with E-state index < -0.39 is 0 Å². The normalized spacial score (nSPS) is 12.4. The number of nitrogens with one attached hydrogen (secondary N) is 1. The number of aryl methyl sites for hydroxylation is 1. The summed E-state index contributed by atoms with van der Waals surface area (Å²) >= 11 is 7.02. The van der Waals surface area contributed by atoms with Gasteiger partial charge in [0.15, 0.2) is 0 Å². The standard InChI is InChI=1S/C17H19Br2N/c1-3-17(14-5-7-15(18)8-6-14)20-11-13-4-9-16(19)12(2)10-13/h4-10,17,20H,3,11H2,1-2H3. The van der Waals surface area contributed by atoms with Crippen molar-refractivity contribution in [3.05, 3.63) is 68.1 Å². The second-order valence-electron chi connectivity index (χ2n) is 4.98. The molecule has 106 valence electrons. The lowest BCUT2D eigenvalue weighted by Crippen LogP contribution is -2.20. The first-order valence-corrected chi connectivity index (χ1v) is 8.42. The van der Waals surface area contributed by atoms with Crippen molar-refractivity contribution < 1.29 is 0 Å². The molecule has 1 atom stereocenters. The van der Waals surface area contributed by atoms with Crippen molar-refractivity contribution in [2.75, 3.05) is 0 Å². The highest BCUT2D eigenvalue weighted by Crippen LogP contribution is 2.21. The Morgan fingerprint density at radius 1 is 1.05 bits per heavy atom. The van der Waals surface area contributed by atoms with Crippen molar-refractivity contribution in [1.29, 1.82) is 0 Å². The lowest BCUT2D eigenvalue weighted by molar-refractivity contribution is 0.519. The maximum absolute atomic E-state index is 3.64. The number of benzene rings is 2. The van der Waals surface area contributed by atoms with E-state index in [1.165, 1.54) is 21.2 Å². The van der Waals surface area contributed by atoms with Crippen LogP contribution in [0.15, 0.2) is 51.4 Å². The third-order valence-corrected chi connectivity index (χ3v) is 4.87. The van der Waals surface area contributed by atoms with Gasteiger partial charge < -0.3 is 5.32 Å². The summed E-state index contributed by atoms with van der Waals surface area (Å²) in [6, 6.07) is 15.5. The van der Waals surface area contributed by atoms with Gasteiger partial charge in [-0.2, -0.15) is 0 Å². The molecule has 0 fully saturated rings. The van der Waals surface area contributed by atoms with Crippen LogP contribution in [0.25, 0.3) is 0 Å². The minimum Gasteiger partial charge on any atom is -0.306 e. The van der Waals surface area contributed by atoms with E-state index in [9.17, 15) is 0 Å². The van der Waals surface area contributed by atoms with E-state index >= 15 is 0 Å². The van der Waals surface area contributed by atoms with Crippen LogP contribution in [0, 0.1) is 6.92 Å². The largest absolute Gasteiger partial charge is 0.306 e. The average Bonchev–Trinajstić information content (AvgIpc) is 2.45. The molecule has 2 aromatic carbocycles. The van der Waals surface area contributed by atoms with Crippen molar-refractivity contribution in [2.45, 2.75) is 32.9 Å². The summed E-state index contributed by atoms with van der Waals surface area (Å²) in [4.78, 5) is 0. The van der Waals surface area contributed by atoms with Gasteiger partial charge in [0.2, 0.25) is 0 Å². The maximum atomic E-state index is 3.64. The highest BCUT2D eigenvalue weighted by atomic mass is 79.9. The number of halogens is 2. The van der Waals surface area contributed by atoms with Gasteiger partial charge in [-0.15, -0.1) is 0 Å². The first-order chi connectivity index (χ1) is 9.60. The van der Waals surface area contributed by atoms with E-state index in [0.717, 1.165) is 17.4 Å². The second kappa shape index (κ2) is 7.39. The molecule has 20 heavy (non-hydrogen) atoms. The van der Waals surface area contributed by atoms with E-state index in [4.69, 9.17) is 0 Å². The van der Waals surface area contributed by atoms with Crippen molar-refractivity contribution in [3.63, 3.8) is 0 Å². The van der Waals surface area contributed by atoms with Crippen LogP contribution in [0.1, 0.15) is 36.1 Å². The fraction of sp³-hybridized carbons (Fsp3) is 0.294. The van der Waals surface area contributed by atoms with Gasteiger partial charge in [-0.3, -0.25) is 0 Å². The van der Waals surface area contributed by atoms with E-state index in [-0.39, 0.29) is 0 Å². The van der Waals surface area contributed by atoms with Gasteiger partial charge in [0, 0.05) is 21.5 Å². The summed E-state index contributed by atoms with van der Waals surface area (Å²) in [7, 11) is 0. The van der Waals surface area contributed by atoms with Gasteiger partial charge in [0.05, 0.1) is 0 Å². The fourth-order valence-electron chi connectivity index (χ4n) is 2.25. The summed E-state index contributed by atoms with van der Waals surface area (Å²) in [6.07, 6.45) is 1.08. The molecule has 2 aromatic rings. The van der Waals surface area contributed by atoms with Gasteiger partial charge >= 0.3 is 0 Å². The third-order valence-electron chi connectivity index (χ3n) is 3.46. The highest BCUT2D eigenvalue weighted by Gasteiger charge is 2.08. The zero-order valence-electron chi connectivity index (χ0n) is 11.8. The Kier molecular flexibility index (Phi) is 5.82. The van der Waals surface area contributed by atoms with Crippen LogP contribution in [0.4, 0.5) is 0 Å². The molecule has 0 bridgehead atoms. The molecule has 2 rings (SSSR count). The Labute approximate surface area is 138 Å². The molecule has 0 aliphatic carbocycles. The van der Waals surface area contributed by atoms with Gasteiger partial charge in [0.25, 0.3) is 0 Å². The number of hydrogen-bond acceptors (Lipinski definition) is 1. The topological polar surface area (TPSA) is 12.0 Å². The molecule has 0 spiro atoms. The zero-order chi connectivity index (χ0) is 14.5. The third kappa shape index (κ3) is 4.18. The Morgan fingerprint density at radius 2 is 1.75 bits per heavy atom. The highest BCUT2D eigenvalue weighted by molar-refractivity contribution is 9.10. The molecule has 1 N–H and O–H groups in total. The van der Waals surface area contributed by atoms with Crippen molar-refractivity contribution in [2.24, 2.45) is 0 Å². The SMILES string of the molecule is CCC(NCc1ccc(Br)c(C)c1)c1ccc(Br)cc1. The Morgan fingerprint density at radius 3 is 2.35 bits per heavy atom. The van der Waals surface area contributed by atoms with Crippen LogP contribution in [-0.2, 0) is 6.54 Å². The van der Waals surface area contributed by atoms with E-state index in [1.807, 2.05) is 0 Å². The summed E-state index contributed by atoms with van der Waals surface area (Å²) in [5.41, 5.74) is 3.94. The van der Waals surface area contributed by atoms with Crippen LogP contribution >= 0.6 is 31.9 Å². The molecule has 0 aliphatic rings. The summed E-state index contributed by atoms with van der Waals surface area (Å²) in [6.45, 7) is 5.23. The molecule has 0 saturated carbocycles. The average molecular weight is 397 g/mol. The summed E-state index contributed by atoms with van der Waals surface area (Å²) in [5.74, 6) is 0. The fourth-order valence-corrected chi connectivity index (χ4v) is 2.76. The minimum atomic E-state index is 0.395. The Balaban J connectivity index is 2.03. The first kappa shape index (κ1) is 15.7. The summed E-state index contributed by atoms with van der Waals surface area (Å²) < 4.78 is 2.29. The molecule has 0 saturated heterocycles. The monoisotopic (exact) mass is 395 g/mol. The van der Waals surface area contributed by atoms with Crippen LogP contribution in [0.3, 0.4) is 0 Å².